The average molecular weight is 286 g/mol. The van der Waals surface area contributed by atoms with Crippen molar-refractivity contribution >= 4 is 5.91 Å². The molecule has 3 heteroatoms. The Bertz CT molecular complexity index is 506. The third-order valence-electron chi connectivity index (χ3n) is 4.86. The molecule has 1 amide bonds. The van der Waals surface area contributed by atoms with Crippen LogP contribution in [0.4, 0.5) is 0 Å². The van der Waals surface area contributed by atoms with Crippen LogP contribution >= 0.6 is 0 Å². The van der Waals surface area contributed by atoms with Gasteiger partial charge in [-0.25, -0.2) is 0 Å². The second-order valence-electron chi connectivity index (χ2n) is 6.47. The highest BCUT2D eigenvalue weighted by molar-refractivity contribution is 5.82. The van der Waals surface area contributed by atoms with E-state index in [1.807, 2.05) is 0 Å². The van der Waals surface area contributed by atoms with E-state index in [1.165, 1.54) is 48.8 Å². The maximum Gasteiger partial charge on any atom is 0.237 e. The average Bonchev–Trinajstić information content (AvgIpc) is 2.55. The van der Waals surface area contributed by atoms with Crippen LogP contribution in [0.15, 0.2) is 18.2 Å². The van der Waals surface area contributed by atoms with Crippen molar-refractivity contribution in [1.82, 2.24) is 10.6 Å². The summed E-state index contributed by atoms with van der Waals surface area (Å²) in [6.45, 7) is 3.05. The predicted octanol–water partition coefficient (Wildman–Crippen LogP) is 2.88. The summed E-state index contributed by atoms with van der Waals surface area (Å²) in [4.78, 5) is 12.3. The van der Waals surface area contributed by atoms with Gasteiger partial charge in [0, 0.05) is 0 Å². The van der Waals surface area contributed by atoms with Gasteiger partial charge in [0.25, 0.3) is 0 Å². The highest BCUT2D eigenvalue weighted by Crippen LogP contribution is 2.24. The van der Waals surface area contributed by atoms with Crippen molar-refractivity contribution in [3.05, 3.63) is 34.9 Å². The quantitative estimate of drug-likeness (QED) is 0.897. The Balaban J connectivity index is 1.64. The molecule has 2 unspecified atom stereocenters. The molecule has 2 atom stereocenters. The number of nitrogens with one attached hydrogen (secondary N) is 2. The van der Waals surface area contributed by atoms with Crippen LogP contribution in [-0.4, -0.2) is 18.5 Å². The number of hydrogen-bond acceptors (Lipinski definition) is 2. The molecule has 0 spiro atoms. The highest BCUT2D eigenvalue weighted by atomic mass is 16.2. The van der Waals surface area contributed by atoms with Crippen molar-refractivity contribution in [2.24, 2.45) is 0 Å². The van der Waals surface area contributed by atoms with Gasteiger partial charge in [-0.05, 0) is 68.7 Å². The Kier molecular flexibility index (Phi) is 4.59. The van der Waals surface area contributed by atoms with Gasteiger partial charge in [-0.15, -0.1) is 0 Å². The first kappa shape index (κ1) is 14.6. The van der Waals surface area contributed by atoms with Crippen LogP contribution in [0, 0.1) is 0 Å². The van der Waals surface area contributed by atoms with Gasteiger partial charge < -0.3 is 10.6 Å². The molecule has 1 saturated heterocycles. The molecule has 1 aliphatic heterocycles. The number of amides is 1. The van der Waals surface area contributed by atoms with E-state index >= 15 is 0 Å². The molecule has 0 radical (unpaired) electrons. The summed E-state index contributed by atoms with van der Waals surface area (Å²) >= 11 is 0. The SMILES string of the molecule is CC(NC(=O)C1CCCCN1)c1ccc2c(c1)CCCC2. The minimum Gasteiger partial charge on any atom is -0.348 e. The molecule has 3 rings (SSSR count). The molecule has 1 heterocycles. The predicted molar refractivity (Wildman–Crippen MR) is 85.3 cm³/mol. The van der Waals surface area contributed by atoms with Crippen molar-refractivity contribution in [3.63, 3.8) is 0 Å². The van der Waals surface area contributed by atoms with Crippen LogP contribution in [0.1, 0.15) is 61.8 Å². The lowest BCUT2D eigenvalue weighted by Gasteiger charge is -2.25. The third kappa shape index (κ3) is 3.46. The summed E-state index contributed by atoms with van der Waals surface area (Å²) in [5, 5.41) is 6.48. The summed E-state index contributed by atoms with van der Waals surface area (Å²) < 4.78 is 0. The Morgan fingerprint density at radius 1 is 1.19 bits per heavy atom. The van der Waals surface area contributed by atoms with Gasteiger partial charge in [0.2, 0.25) is 5.91 Å². The molecule has 3 nitrogen and oxygen atoms in total. The van der Waals surface area contributed by atoms with Gasteiger partial charge in [-0.2, -0.15) is 0 Å². The number of fused-ring (bicyclic) bond motifs is 1. The number of carbonyl (C=O) groups excluding carboxylic acids is 1. The topological polar surface area (TPSA) is 41.1 Å². The van der Waals surface area contributed by atoms with Crippen molar-refractivity contribution < 1.29 is 4.79 Å². The van der Waals surface area contributed by atoms with E-state index in [1.54, 1.807) is 0 Å². The van der Waals surface area contributed by atoms with E-state index in [4.69, 9.17) is 0 Å². The minimum atomic E-state index is -0.00109. The van der Waals surface area contributed by atoms with Crippen molar-refractivity contribution in [1.29, 1.82) is 0 Å². The lowest BCUT2D eigenvalue weighted by Crippen LogP contribution is -2.47. The zero-order valence-electron chi connectivity index (χ0n) is 13.0. The molecule has 114 valence electrons. The molecular formula is C18H26N2O. The number of aryl methyl sites for hydroxylation is 2. The molecular weight excluding hydrogens is 260 g/mol. The zero-order valence-corrected chi connectivity index (χ0v) is 13.0. The Labute approximate surface area is 127 Å². The zero-order chi connectivity index (χ0) is 14.7. The van der Waals surface area contributed by atoms with E-state index in [2.05, 4.69) is 35.8 Å². The monoisotopic (exact) mass is 286 g/mol. The lowest BCUT2D eigenvalue weighted by atomic mass is 9.89. The fourth-order valence-corrected chi connectivity index (χ4v) is 3.50. The van der Waals surface area contributed by atoms with Crippen LogP contribution in [0.3, 0.4) is 0 Å². The van der Waals surface area contributed by atoms with Crippen molar-refractivity contribution in [2.45, 2.75) is 64.0 Å². The first-order valence-electron chi connectivity index (χ1n) is 8.39. The van der Waals surface area contributed by atoms with Crippen LogP contribution < -0.4 is 10.6 Å². The van der Waals surface area contributed by atoms with E-state index in [-0.39, 0.29) is 18.0 Å². The molecule has 1 fully saturated rings. The van der Waals surface area contributed by atoms with Gasteiger partial charge in [-0.1, -0.05) is 24.6 Å². The maximum atomic E-state index is 12.3. The minimum absolute atomic E-state index is 0.00109. The van der Waals surface area contributed by atoms with Crippen LogP contribution in [-0.2, 0) is 17.6 Å². The maximum absolute atomic E-state index is 12.3. The Hall–Kier alpha value is -1.35. The molecule has 1 aromatic carbocycles. The first-order chi connectivity index (χ1) is 10.2. The molecule has 2 N–H and O–H groups in total. The summed E-state index contributed by atoms with van der Waals surface area (Å²) in [7, 11) is 0. The number of carbonyl (C=O) groups is 1. The van der Waals surface area contributed by atoms with E-state index in [0.717, 1.165) is 19.4 Å². The molecule has 0 saturated carbocycles. The smallest absolute Gasteiger partial charge is 0.237 e. The first-order valence-corrected chi connectivity index (χ1v) is 8.39. The standard InChI is InChI=1S/C18H26N2O/c1-13(20-18(21)17-8-4-5-11-19-17)15-10-9-14-6-2-3-7-16(14)12-15/h9-10,12-13,17,19H,2-8,11H2,1H3,(H,20,21). The van der Waals surface area contributed by atoms with Gasteiger partial charge in [-0.3, -0.25) is 4.79 Å². The second-order valence-corrected chi connectivity index (χ2v) is 6.47. The number of benzene rings is 1. The summed E-state index contributed by atoms with van der Waals surface area (Å²) in [5.41, 5.74) is 4.22. The normalized spacial score (nSPS) is 23.2. The molecule has 2 aliphatic rings. The number of hydrogen-bond donors (Lipinski definition) is 2. The largest absolute Gasteiger partial charge is 0.348 e. The van der Waals surface area contributed by atoms with E-state index < -0.39 is 0 Å². The Morgan fingerprint density at radius 3 is 2.76 bits per heavy atom. The molecule has 1 aromatic rings. The second kappa shape index (κ2) is 6.61. The van der Waals surface area contributed by atoms with Gasteiger partial charge >= 0.3 is 0 Å². The molecule has 1 aliphatic carbocycles. The summed E-state index contributed by atoms with van der Waals surface area (Å²) in [6, 6.07) is 6.83. The summed E-state index contributed by atoms with van der Waals surface area (Å²) in [5.74, 6) is 0.153. The van der Waals surface area contributed by atoms with E-state index in [9.17, 15) is 4.79 Å². The number of piperidine rings is 1. The highest BCUT2D eigenvalue weighted by Gasteiger charge is 2.22. The summed E-state index contributed by atoms with van der Waals surface area (Å²) in [6.07, 6.45) is 8.30. The van der Waals surface area contributed by atoms with Crippen LogP contribution in [0.2, 0.25) is 0 Å². The molecule has 0 aromatic heterocycles. The van der Waals surface area contributed by atoms with Crippen molar-refractivity contribution in [2.75, 3.05) is 6.54 Å². The molecule has 21 heavy (non-hydrogen) atoms. The van der Waals surface area contributed by atoms with Gasteiger partial charge in [0.05, 0.1) is 12.1 Å². The fourth-order valence-electron chi connectivity index (χ4n) is 3.50. The van der Waals surface area contributed by atoms with Gasteiger partial charge in [0.15, 0.2) is 0 Å². The Morgan fingerprint density at radius 2 is 2.00 bits per heavy atom. The van der Waals surface area contributed by atoms with Crippen LogP contribution in [0.25, 0.3) is 0 Å². The van der Waals surface area contributed by atoms with E-state index in [0.29, 0.717) is 0 Å². The third-order valence-corrected chi connectivity index (χ3v) is 4.86. The fraction of sp³-hybridized carbons (Fsp3) is 0.611. The van der Waals surface area contributed by atoms with Crippen LogP contribution in [0.5, 0.6) is 0 Å². The van der Waals surface area contributed by atoms with Gasteiger partial charge in [0.1, 0.15) is 0 Å². The van der Waals surface area contributed by atoms with Crippen molar-refractivity contribution in [3.8, 4) is 0 Å². The number of rotatable bonds is 3. The molecule has 0 bridgehead atoms. The lowest BCUT2D eigenvalue weighted by molar-refractivity contribution is -0.124.